The van der Waals surface area contributed by atoms with Crippen LogP contribution in [0, 0.1) is 13.8 Å². The third-order valence-corrected chi connectivity index (χ3v) is 5.22. The zero-order chi connectivity index (χ0) is 20.9. The molecule has 0 atom stereocenters. The van der Waals surface area contributed by atoms with E-state index in [1.54, 1.807) is 6.20 Å². The molecule has 154 valence electrons. The highest BCUT2D eigenvalue weighted by molar-refractivity contribution is 5.79. The molecule has 7 heteroatoms. The lowest BCUT2D eigenvalue weighted by Crippen LogP contribution is -2.49. The van der Waals surface area contributed by atoms with E-state index in [0.717, 1.165) is 35.9 Å². The number of hydrogen-bond donors (Lipinski definition) is 1. The van der Waals surface area contributed by atoms with Gasteiger partial charge in [0.05, 0.1) is 6.42 Å². The second kappa shape index (κ2) is 8.90. The second-order valence-electron chi connectivity index (χ2n) is 7.65. The second-order valence-corrected chi connectivity index (χ2v) is 7.65. The van der Waals surface area contributed by atoms with Crippen LogP contribution in [0.4, 0.5) is 17.5 Å². The smallest absolute Gasteiger partial charge is 0.227 e. The van der Waals surface area contributed by atoms with Crippen molar-refractivity contribution < 1.29 is 4.79 Å². The normalized spacial score (nSPS) is 13.9. The lowest BCUT2D eigenvalue weighted by Gasteiger charge is -2.35. The number of rotatable bonds is 5. The first-order chi connectivity index (χ1) is 14.6. The molecule has 3 aromatic rings. The average Bonchev–Trinajstić information content (AvgIpc) is 2.74. The van der Waals surface area contributed by atoms with E-state index in [0.29, 0.717) is 25.3 Å². The Morgan fingerprint density at radius 2 is 1.73 bits per heavy atom. The molecule has 1 saturated heterocycles. The van der Waals surface area contributed by atoms with Gasteiger partial charge in [-0.15, -0.1) is 10.2 Å². The van der Waals surface area contributed by atoms with Gasteiger partial charge in [0.1, 0.15) is 5.82 Å². The van der Waals surface area contributed by atoms with Gasteiger partial charge in [-0.25, -0.2) is 4.98 Å². The molecule has 7 nitrogen and oxygen atoms in total. The van der Waals surface area contributed by atoms with Gasteiger partial charge in [0.15, 0.2) is 11.6 Å². The average molecular weight is 403 g/mol. The predicted molar refractivity (Wildman–Crippen MR) is 118 cm³/mol. The topological polar surface area (TPSA) is 74.2 Å². The first kappa shape index (κ1) is 19.8. The summed E-state index contributed by atoms with van der Waals surface area (Å²) in [6.45, 7) is 6.96. The van der Waals surface area contributed by atoms with Gasteiger partial charge >= 0.3 is 0 Å². The summed E-state index contributed by atoms with van der Waals surface area (Å²) in [5.41, 5.74) is 3.38. The number of nitrogens with one attached hydrogen (secondary N) is 1. The zero-order valence-corrected chi connectivity index (χ0v) is 17.4. The van der Waals surface area contributed by atoms with Crippen molar-refractivity contribution in [2.75, 3.05) is 36.4 Å². The molecular weight excluding hydrogens is 376 g/mol. The molecule has 0 unspecified atom stereocenters. The van der Waals surface area contributed by atoms with E-state index in [4.69, 9.17) is 0 Å². The van der Waals surface area contributed by atoms with E-state index < -0.39 is 0 Å². The summed E-state index contributed by atoms with van der Waals surface area (Å²) in [5.74, 6) is 2.40. The zero-order valence-electron chi connectivity index (χ0n) is 17.4. The quantitative estimate of drug-likeness (QED) is 0.707. The number of hydrogen-bond acceptors (Lipinski definition) is 6. The van der Waals surface area contributed by atoms with Crippen molar-refractivity contribution in [2.24, 2.45) is 0 Å². The van der Waals surface area contributed by atoms with Crippen molar-refractivity contribution in [3.8, 4) is 0 Å². The number of aryl methyl sites for hydroxylation is 2. The molecule has 0 spiro atoms. The highest BCUT2D eigenvalue weighted by atomic mass is 16.2. The van der Waals surface area contributed by atoms with E-state index >= 15 is 0 Å². The van der Waals surface area contributed by atoms with E-state index in [2.05, 4.69) is 31.5 Å². The van der Waals surface area contributed by atoms with Crippen LogP contribution in [0.3, 0.4) is 0 Å². The van der Waals surface area contributed by atoms with Crippen LogP contribution in [0.1, 0.15) is 16.7 Å². The van der Waals surface area contributed by atoms with Gasteiger partial charge in [-0.3, -0.25) is 4.79 Å². The van der Waals surface area contributed by atoms with Crippen molar-refractivity contribution >= 4 is 23.4 Å². The number of carbonyl (C=O) groups excluding carboxylic acids is 1. The third kappa shape index (κ3) is 4.92. The number of aromatic nitrogens is 3. The highest BCUT2D eigenvalue weighted by Gasteiger charge is 2.22. The van der Waals surface area contributed by atoms with Crippen molar-refractivity contribution in [1.29, 1.82) is 0 Å². The summed E-state index contributed by atoms with van der Waals surface area (Å²) < 4.78 is 0. The molecule has 2 aromatic heterocycles. The van der Waals surface area contributed by atoms with Crippen molar-refractivity contribution in [3.05, 3.63) is 71.4 Å². The molecule has 30 heavy (non-hydrogen) atoms. The number of carbonyl (C=O) groups is 1. The molecule has 3 heterocycles. The molecule has 1 amide bonds. The highest BCUT2D eigenvalue weighted by Crippen LogP contribution is 2.17. The first-order valence-electron chi connectivity index (χ1n) is 10.2. The number of amides is 1. The molecule has 1 aliphatic heterocycles. The predicted octanol–water partition coefficient (Wildman–Crippen LogP) is 3.12. The standard InChI is InChI=1S/C23H26N6O/c1-17-4-3-5-19(14-17)16-23(30)29-12-10-28(11-13-29)22-7-6-20(26-27-22)25-21-15-18(2)8-9-24-21/h3-9,14-15H,10-13,16H2,1-2H3,(H,24,25,26). The fraction of sp³-hybridized carbons (Fsp3) is 0.304. The van der Waals surface area contributed by atoms with Crippen LogP contribution in [-0.4, -0.2) is 52.2 Å². The van der Waals surface area contributed by atoms with Crippen molar-refractivity contribution in [1.82, 2.24) is 20.1 Å². The fourth-order valence-electron chi connectivity index (χ4n) is 3.59. The van der Waals surface area contributed by atoms with Crippen molar-refractivity contribution in [2.45, 2.75) is 20.3 Å². The minimum atomic E-state index is 0.177. The maximum absolute atomic E-state index is 12.6. The Balaban J connectivity index is 1.31. The monoisotopic (exact) mass is 402 g/mol. The van der Waals surface area contributed by atoms with E-state index in [-0.39, 0.29) is 5.91 Å². The lowest BCUT2D eigenvalue weighted by molar-refractivity contribution is -0.130. The van der Waals surface area contributed by atoms with Crippen LogP contribution in [0.2, 0.25) is 0 Å². The van der Waals surface area contributed by atoms with Gasteiger partial charge in [0, 0.05) is 32.4 Å². The van der Waals surface area contributed by atoms with Crippen LogP contribution >= 0.6 is 0 Å². The summed E-state index contributed by atoms with van der Waals surface area (Å²) in [4.78, 5) is 21.0. The van der Waals surface area contributed by atoms with E-state index in [9.17, 15) is 4.79 Å². The van der Waals surface area contributed by atoms with E-state index in [1.165, 1.54) is 5.56 Å². The first-order valence-corrected chi connectivity index (χ1v) is 10.2. The SMILES string of the molecule is Cc1cccc(CC(=O)N2CCN(c3ccc(Nc4cc(C)ccn4)nn3)CC2)c1. The van der Waals surface area contributed by atoms with Crippen LogP contribution < -0.4 is 10.2 Å². The van der Waals surface area contributed by atoms with E-state index in [1.807, 2.05) is 61.2 Å². The Morgan fingerprint density at radius 3 is 2.43 bits per heavy atom. The molecule has 1 fully saturated rings. The number of benzene rings is 1. The van der Waals surface area contributed by atoms with Crippen LogP contribution in [0.15, 0.2) is 54.7 Å². The van der Waals surface area contributed by atoms with Crippen LogP contribution in [0.5, 0.6) is 0 Å². The van der Waals surface area contributed by atoms with Gasteiger partial charge in [-0.05, 0) is 49.2 Å². The summed E-state index contributed by atoms with van der Waals surface area (Å²) in [6.07, 6.45) is 2.22. The van der Waals surface area contributed by atoms with Gasteiger partial charge in [-0.1, -0.05) is 29.8 Å². The maximum atomic E-state index is 12.6. The molecule has 4 rings (SSSR count). The van der Waals surface area contributed by atoms with Crippen molar-refractivity contribution in [3.63, 3.8) is 0 Å². The molecule has 0 radical (unpaired) electrons. The van der Waals surface area contributed by atoms with Gasteiger partial charge in [0.2, 0.25) is 5.91 Å². The molecule has 0 aliphatic carbocycles. The van der Waals surface area contributed by atoms with Gasteiger partial charge in [-0.2, -0.15) is 0 Å². The van der Waals surface area contributed by atoms with Gasteiger partial charge in [0.25, 0.3) is 0 Å². The number of anilines is 3. The summed E-state index contributed by atoms with van der Waals surface area (Å²) in [7, 11) is 0. The summed E-state index contributed by atoms with van der Waals surface area (Å²) >= 11 is 0. The van der Waals surface area contributed by atoms with Gasteiger partial charge < -0.3 is 15.1 Å². The minimum Gasteiger partial charge on any atom is -0.352 e. The van der Waals surface area contributed by atoms with Crippen LogP contribution in [-0.2, 0) is 11.2 Å². The Kier molecular flexibility index (Phi) is 5.88. The third-order valence-electron chi connectivity index (χ3n) is 5.22. The number of piperazine rings is 1. The maximum Gasteiger partial charge on any atom is 0.227 e. The number of nitrogens with zero attached hydrogens (tertiary/aromatic N) is 5. The molecule has 1 aliphatic rings. The minimum absolute atomic E-state index is 0.177. The molecule has 0 bridgehead atoms. The summed E-state index contributed by atoms with van der Waals surface area (Å²) in [5, 5.41) is 11.8. The largest absolute Gasteiger partial charge is 0.352 e. The van der Waals surface area contributed by atoms with Crippen LogP contribution in [0.25, 0.3) is 0 Å². The molecule has 1 N–H and O–H groups in total. The Bertz CT molecular complexity index is 1010. The molecular formula is C23H26N6O. The Hall–Kier alpha value is -3.48. The Labute approximate surface area is 176 Å². The number of pyridine rings is 1. The summed E-state index contributed by atoms with van der Waals surface area (Å²) in [6, 6.07) is 15.9. The Morgan fingerprint density at radius 1 is 0.933 bits per heavy atom. The molecule has 1 aromatic carbocycles. The lowest BCUT2D eigenvalue weighted by atomic mass is 10.1. The molecule has 0 saturated carbocycles. The fourth-order valence-corrected chi connectivity index (χ4v) is 3.59.